The molecule has 9 nitrogen and oxygen atoms in total. The van der Waals surface area contributed by atoms with Gasteiger partial charge in [-0.2, -0.15) is 0 Å². The number of hydrogen-bond acceptors (Lipinski definition) is 6. The van der Waals surface area contributed by atoms with Crippen LogP contribution in [0.25, 0.3) is 0 Å². The minimum Gasteiger partial charge on any atom is -0.378 e. The summed E-state index contributed by atoms with van der Waals surface area (Å²) >= 11 is 0. The second-order valence-electron chi connectivity index (χ2n) is 6.97. The van der Waals surface area contributed by atoms with E-state index in [1.807, 2.05) is 9.80 Å². The lowest BCUT2D eigenvalue weighted by Crippen LogP contribution is -2.58. The van der Waals surface area contributed by atoms with Gasteiger partial charge in [-0.3, -0.25) is 14.5 Å². The Bertz CT molecular complexity index is 619. The zero-order valence-corrected chi connectivity index (χ0v) is 15.3. The SMILES string of the molecule is CS(=O)(=O)N[C@H]1C[C@H]2C(=O)NC[C@@H](CCC(=O)N3CCOCC3)N2C1. The fraction of sp³-hybridized carbons (Fsp3) is 0.867. The molecule has 3 rings (SSSR count). The predicted molar refractivity (Wildman–Crippen MR) is 90.3 cm³/mol. The first kappa shape index (κ1) is 18.6. The summed E-state index contributed by atoms with van der Waals surface area (Å²) in [5, 5.41) is 2.89. The monoisotopic (exact) mass is 374 g/mol. The summed E-state index contributed by atoms with van der Waals surface area (Å²) in [6, 6.07) is -0.531. The molecule has 0 aliphatic carbocycles. The maximum absolute atomic E-state index is 12.3. The van der Waals surface area contributed by atoms with Crippen LogP contribution in [0, 0.1) is 0 Å². The number of carbonyl (C=O) groups excluding carboxylic acids is 2. The number of morpholine rings is 1. The van der Waals surface area contributed by atoms with Crippen LogP contribution in [0.15, 0.2) is 0 Å². The summed E-state index contributed by atoms with van der Waals surface area (Å²) in [5.74, 6) is 0.0512. The minimum atomic E-state index is -3.31. The highest BCUT2D eigenvalue weighted by atomic mass is 32.2. The molecule has 0 aromatic carbocycles. The quantitative estimate of drug-likeness (QED) is 0.583. The van der Waals surface area contributed by atoms with Gasteiger partial charge in [0.25, 0.3) is 0 Å². The van der Waals surface area contributed by atoms with E-state index in [2.05, 4.69) is 10.0 Å². The third-order valence-electron chi connectivity index (χ3n) is 5.06. The summed E-state index contributed by atoms with van der Waals surface area (Å²) in [4.78, 5) is 28.3. The van der Waals surface area contributed by atoms with Gasteiger partial charge in [0.15, 0.2) is 0 Å². The predicted octanol–water partition coefficient (Wildman–Crippen LogP) is -1.88. The van der Waals surface area contributed by atoms with Crippen LogP contribution < -0.4 is 10.0 Å². The van der Waals surface area contributed by atoms with E-state index < -0.39 is 10.0 Å². The van der Waals surface area contributed by atoms with E-state index >= 15 is 0 Å². The fourth-order valence-corrected chi connectivity index (χ4v) is 4.67. The molecule has 0 aromatic heterocycles. The summed E-state index contributed by atoms with van der Waals surface area (Å²) in [6.45, 7) is 3.43. The lowest BCUT2D eigenvalue weighted by atomic mass is 10.0. The molecule has 2 N–H and O–H groups in total. The van der Waals surface area contributed by atoms with E-state index in [0.717, 1.165) is 6.26 Å². The van der Waals surface area contributed by atoms with Gasteiger partial charge >= 0.3 is 0 Å². The average molecular weight is 374 g/mol. The largest absolute Gasteiger partial charge is 0.378 e. The van der Waals surface area contributed by atoms with Crippen LogP contribution in [-0.2, 0) is 24.3 Å². The molecule has 0 saturated carbocycles. The summed E-state index contributed by atoms with van der Waals surface area (Å²) in [5.41, 5.74) is 0. The highest BCUT2D eigenvalue weighted by Gasteiger charge is 2.44. The van der Waals surface area contributed by atoms with Crippen molar-refractivity contribution in [1.82, 2.24) is 19.8 Å². The number of rotatable bonds is 5. The Morgan fingerprint density at radius 3 is 2.76 bits per heavy atom. The van der Waals surface area contributed by atoms with Gasteiger partial charge in [-0.25, -0.2) is 13.1 Å². The zero-order chi connectivity index (χ0) is 18.0. The number of carbonyl (C=O) groups is 2. The number of hydrogen-bond donors (Lipinski definition) is 2. The Labute approximate surface area is 148 Å². The third-order valence-corrected chi connectivity index (χ3v) is 5.82. The topological polar surface area (TPSA) is 108 Å². The normalized spacial score (nSPS) is 30.8. The van der Waals surface area contributed by atoms with Gasteiger partial charge in [0.2, 0.25) is 21.8 Å². The molecule has 2 amide bonds. The van der Waals surface area contributed by atoms with E-state index in [0.29, 0.717) is 58.7 Å². The third kappa shape index (κ3) is 4.69. The molecule has 0 unspecified atom stereocenters. The number of nitrogens with zero attached hydrogens (tertiary/aromatic N) is 2. The van der Waals surface area contributed by atoms with E-state index in [4.69, 9.17) is 4.74 Å². The Morgan fingerprint density at radius 1 is 1.36 bits per heavy atom. The van der Waals surface area contributed by atoms with Crippen molar-refractivity contribution in [3.8, 4) is 0 Å². The first-order chi connectivity index (χ1) is 11.8. The van der Waals surface area contributed by atoms with Gasteiger partial charge in [-0.15, -0.1) is 0 Å². The maximum atomic E-state index is 12.3. The van der Waals surface area contributed by atoms with Crippen LogP contribution in [-0.4, -0.2) is 93.8 Å². The van der Waals surface area contributed by atoms with Crippen LogP contribution in [0.3, 0.4) is 0 Å². The van der Waals surface area contributed by atoms with Crippen molar-refractivity contribution in [2.24, 2.45) is 0 Å². The molecule has 0 bridgehead atoms. The van der Waals surface area contributed by atoms with Gasteiger partial charge in [0.1, 0.15) is 0 Å². The Hall–Kier alpha value is -1.23. The molecule has 3 heterocycles. The molecule has 142 valence electrons. The van der Waals surface area contributed by atoms with E-state index in [9.17, 15) is 18.0 Å². The second-order valence-corrected chi connectivity index (χ2v) is 8.75. The first-order valence-corrected chi connectivity index (χ1v) is 10.6. The van der Waals surface area contributed by atoms with Crippen LogP contribution >= 0.6 is 0 Å². The zero-order valence-electron chi connectivity index (χ0n) is 14.4. The number of piperazine rings is 1. The molecule has 10 heteroatoms. The molecule has 25 heavy (non-hydrogen) atoms. The van der Waals surface area contributed by atoms with E-state index in [1.54, 1.807) is 0 Å². The fourth-order valence-electron chi connectivity index (χ4n) is 3.89. The van der Waals surface area contributed by atoms with Crippen molar-refractivity contribution in [2.45, 2.75) is 37.4 Å². The van der Waals surface area contributed by atoms with Crippen LogP contribution in [0.4, 0.5) is 0 Å². The number of ether oxygens (including phenoxy) is 1. The molecule has 3 atom stereocenters. The second kappa shape index (κ2) is 7.56. The molecule has 3 aliphatic heterocycles. The van der Waals surface area contributed by atoms with Crippen LogP contribution in [0.2, 0.25) is 0 Å². The van der Waals surface area contributed by atoms with Gasteiger partial charge < -0.3 is 15.0 Å². The van der Waals surface area contributed by atoms with E-state index in [1.165, 1.54) is 0 Å². The van der Waals surface area contributed by atoms with Crippen molar-refractivity contribution in [2.75, 3.05) is 45.6 Å². The summed E-state index contributed by atoms with van der Waals surface area (Å²) < 4.78 is 30.8. The van der Waals surface area contributed by atoms with Crippen molar-refractivity contribution < 1.29 is 22.7 Å². The molecule has 0 radical (unpaired) electrons. The number of sulfonamides is 1. The minimum absolute atomic E-state index is 0.0547. The first-order valence-electron chi connectivity index (χ1n) is 8.70. The maximum Gasteiger partial charge on any atom is 0.237 e. The molecule has 0 aromatic rings. The molecular formula is C15H26N4O5S. The highest BCUT2D eigenvalue weighted by Crippen LogP contribution is 2.26. The molecule has 3 aliphatic rings. The Balaban J connectivity index is 1.56. The van der Waals surface area contributed by atoms with E-state index in [-0.39, 0.29) is 29.9 Å². The van der Waals surface area contributed by atoms with Crippen LogP contribution in [0.5, 0.6) is 0 Å². The lowest BCUT2D eigenvalue weighted by Gasteiger charge is -2.37. The Morgan fingerprint density at radius 2 is 2.08 bits per heavy atom. The number of fused-ring (bicyclic) bond motifs is 1. The number of nitrogens with one attached hydrogen (secondary N) is 2. The van der Waals surface area contributed by atoms with Crippen molar-refractivity contribution in [1.29, 1.82) is 0 Å². The Kier molecular flexibility index (Phi) is 5.62. The molecule has 3 saturated heterocycles. The molecule has 3 fully saturated rings. The summed E-state index contributed by atoms with van der Waals surface area (Å²) in [7, 11) is -3.31. The van der Waals surface area contributed by atoms with Gasteiger partial charge in [0.05, 0.1) is 25.5 Å². The van der Waals surface area contributed by atoms with Crippen molar-refractivity contribution in [3.63, 3.8) is 0 Å². The summed E-state index contributed by atoms with van der Waals surface area (Å²) in [6.07, 6.45) is 2.67. The van der Waals surface area contributed by atoms with Crippen molar-refractivity contribution >= 4 is 21.8 Å². The van der Waals surface area contributed by atoms with Crippen molar-refractivity contribution in [3.05, 3.63) is 0 Å². The number of amides is 2. The van der Waals surface area contributed by atoms with Gasteiger partial charge in [-0.1, -0.05) is 0 Å². The standard InChI is InChI=1S/C15H26N4O5S/c1-25(22,23)17-11-8-13-15(21)16-9-12(19(13)10-11)2-3-14(20)18-4-6-24-7-5-18/h11-13,17H,2-10H2,1H3,(H,16,21)/t11-,12+,13-/m0/s1. The lowest BCUT2D eigenvalue weighted by molar-refractivity contribution is -0.136. The van der Waals surface area contributed by atoms with Gasteiger partial charge in [0, 0.05) is 44.7 Å². The smallest absolute Gasteiger partial charge is 0.237 e. The average Bonchev–Trinajstić information content (AvgIpc) is 2.97. The molecule has 0 spiro atoms. The van der Waals surface area contributed by atoms with Crippen LogP contribution in [0.1, 0.15) is 19.3 Å². The van der Waals surface area contributed by atoms with Gasteiger partial charge in [-0.05, 0) is 12.8 Å². The highest BCUT2D eigenvalue weighted by molar-refractivity contribution is 7.88. The molecular weight excluding hydrogens is 348 g/mol.